The molecule has 110 valence electrons. The molecule has 6 heteroatoms. The van der Waals surface area contributed by atoms with Gasteiger partial charge in [0.1, 0.15) is 5.92 Å². The number of anilines is 1. The van der Waals surface area contributed by atoms with Gasteiger partial charge >= 0.3 is 5.97 Å². The first-order chi connectivity index (χ1) is 9.97. The fraction of sp³-hybridized carbons (Fsp3) is 0.333. The van der Waals surface area contributed by atoms with Crippen LogP contribution in [0.2, 0.25) is 0 Å². The number of amides is 1. The van der Waals surface area contributed by atoms with E-state index in [9.17, 15) is 14.7 Å². The Morgan fingerprint density at radius 3 is 2.52 bits per heavy atom. The average molecular weight is 352 g/mol. The number of aliphatic carboxylic acids is 1. The van der Waals surface area contributed by atoms with E-state index < -0.39 is 30.0 Å². The summed E-state index contributed by atoms with van der Waals surface area (Å²) in [5, 5.41) is 12.1. The van der Waals surface area contributed by atoms with Crippen LogP contribution in [0.4, 0.5) is 5.69 Å². The third kappa shape index (κ3) is 2.49. The molecule has 0 aliphatic carbocycles. The number of ether oxygens (including phenoxy) is 1. The van der Waals surface area contributed by atoms with E-state index in [1.54, 1.807) is 18.2 Å². The van der Waals surface area contributed by atoms with Gasteiger partial charge in [-0.15, -0.1) is 0 Å². The summed E-state index contributed by atoms with van der Waals surface area (Å²) in [7, 11) is 0. The number of hydrogen-bond acceptors (Lipinski definition) is 3. The van der Waals surface area contributed by atoms with E-state index in [0.717, 1.165) is 10.0 Å². The lowest BCUT2D eigenvalue weighted by molar-refractivity contribution is -0.145. The molecule has 1 saturated heterocycles. The standard InChI is InChI=1S/C15H14BrNO4/c1-7-6-8(2-3-9(7)16)17-14(18)12-10-4-5-11(21-10)13(12)15(19)20/h2-6,10-13H,1H3,(H,17,18)(H,19,20)/t10-,11+,12-,13-/m0/s1. The van der Waals surface area contributed by atoms with Crippen molar-refractivity contribution in [1.29, 1.82) is 0 Å². The summed E-state index contributed by atoms with van der Waals surface area (Å²) in [4.78, 5) is 23.8. The molecule has 3 rings (SSSR count). The zero-order valence-corrected chi connectivity index (χ0v) is 12.8. The number of fused-ring (bicyclic) bond motifs is 2. The number of hydrogen-bond donors (Lipinski definition) is 2. The van der Waals surface area contributed by atoms with Crippen LogP contribution in [-0.4, -0.2) is 29.2 Å². The minimum absolute atomic E-state index is 0.319. The number of carbonyl (C=O) groups is 2. The molecule has 2 aliphatic rings. The molecule has 2 bridgehead atoms. The second-order valence-corrected chi connectivity index (χ2v) is 6.15. The highest BCUT2D eigenvalue weighted by Gasteiger charge is 2.53. The maximum atomic E-state index is 12.4. The molecule has 1 fully saturated rings. The van der Waals surface area contributed by atoms with Gasteiger partial charge in [0, 0.05) is 10.2 Å². The second kappa shape index (κ2) is 5.27. The maximum absolute atomic E-state index is 12.4. The van der Waals surface area contributed by atoms with Gasteiger partial charge < -0.3 is 15.2 Å². The molecule has 1 aromatic carbocycles. The summed E-state index contributed by atoms with van der Waals surface area (Å²) in [6, 6.07) is 5.45. The van der Waals surface area contributed by atoms with Crippen LogP contribution in [0.3, 0.4) is 0 Å². The zero-order valence-electron chi connectivity index (χ0n) is 11.2. The quantitative estimate of drug-likeness (QED) is 0.819. The second-order valence-electron chi connectivity index (χ2n) is 5.29. The summed E-state index contributed by atoms with van der Waals surface area (Å²) in [6.07, 6.45) is 2.53. The molecule has 1 amide bonds. The smallest absolute Gasteiger partial charge is 0.310 e. The Morgan fingerprint density at radius 2 is 1.90 bits per heavy atom. The fourth-order valence-corrected chi connectivity index (χ4v) is 3.11. The van der Waals surface area contributed by atoms with E-state index in [1.807, 2.05) is 19.1 Å². The van der Waals surface area contributed by atoms with Gasteiger partial charge in [-0.05, 0) is 30.7 Å². The van der Waals surface area contributed by atoms with E-state index in [0.29, 0.717) is 5.69 Å². The van der Waals surface area contributed by atoms with Crippen LogP contribution >= 0.6 is 15.9 Å². The molecule has 2 heterocycles. The molecule has 1 aromatic rings. The highest BCUT2D eigenvalue weighted by molar-refractivity contribution is 9.10. The molecule has 21 heavy (non-hydrogen) atoms. The average Bonchev–Trinajstić information content (AvgIpc) is 3.03. The lowest BCUT2D eigenvalue weighted by Gasteiger charge is -2.21. The van der Waals surface area contributed by atoms with Gasteiger partial charge in [-0.3, -0.25) is 9.59 Å². The fourth-order valence-electron chi connectivity index (χ4n) is 2.86. The third-order valence-corrected chi connectivity index (χ3v) is 4.80. The molecule has 5 nitrogen and oxygen atoms in total. The van der Waals surface area contributed by atoms with Crippen molar-refractivity contribution in [3.63, 3.8) is 0 Å². The van der Waals surface area contributed by atoms with Gasteiger partial charge in [-0.2, -0.15) is 0 Å². The summed E-state index contributed by atoms with van der Waals surface area (Å²) in [5.41, 5.74) is 1.64. The van der Waals surface area contributed by atoms with Crippen molar-refractivity contribution in [1.82, 2.24) is 0 Å². The monoisotopic (exact) mass is 351 g/mol. The molecular weight excluding hydrogens is 338 g/mol. The molecule has 2 N–H and O–H groups in total. The van der Waals surface area contributed by atoms with E-state index in [1.165, 1.54) is 0 Å². The Hall–Kier alpha value is -1.66. The normalized spacial score (nSPS) is 29.6. The highest BCUT2D eigenvalue weighted by Crippen LogP contribution is 2.39. The van der Waals surface area contributed by atoms with E-state index in [-0.39, 0.29) is 5.91 Å². The van der Waals surface area contributed by atoms with Crippen LogP contribution in [-0.2, 0) is 14.3 Å². The topological polar surface area (TPSA) is 75.6 Å². The molecule has 0 radical (unpaired) electrons. The molecule has 4 atom stereocenters. The van der Waals surface area contributed by atoms with Crippen molar-refractivity contribution in [3.8, 4) is 0 Å². The largest absolute Gasteiger partial charge is 0.481 e. The van der Waals surface area contributed by atoms with Gasteiger partial charge in [-0.1, -0.05) is 28.1 Å². The first-order valence-corrected chi connectivity index (χ1v) is 7.40. The molecule has 0 aromatic heterocycles. The number of aryl methyl sites for hydroxylation is 1. The van der Waals surface area contributed by atoms with Crippen molar-refractivity contribution in [2.45, 2.75) is 19.1 Å². The lowest BCUT2D eigenvalue weighted by Crippen LogP contribution is -2.39. The van der Waals surface area contributed by atoms with Gasteiger partial charge in [-0.25, -0.2) is 0 Å². The summed E-state index contributed by atoms with van der Waals surface area (Å²) in [5.74, 6) is -2.84. The van der Waals surface area contributed by atoms with Crippen molar-refractivity contribution >= 4 is 33.5 Å². The number of carboxylic acid groups (broad SMARTS) is 1. The summed E-state index contributed by atoms with van der Waals surface area (Å²) < 4.78 is 6.45. The van der Waals surface area contributed by atoms with E-state index in [2.05, 4.69) is 21.2 Å². The third-order valence-electron chi connectivity index (χ3n) is 3.91. The Kier molecular flexibility index (Phi) is 3.59. The van der Waals surface area contributed by atoms with Crippen LogP contribution in [0.15, 0.2) is 34.8 Å². The van der Waals surface area contributed by atoms with Crippen molar-refractivity contribution in [2.75, 3.05) is 5.32 Å². The van der Waals surface area contributed by atoms with E-state index >= 15 is 0 Å². The zero-order chi connectivity index (χ0) is 15.1. The Bertz CT molecular complexity index is 643. The van der Waals surface area contributed by atoms with Crippen LogP contribution < -0.4 is 5.32 Å². The molecule has 0 saturated carbocycles. The van der Waals surface area contributed by atoms with Crippen molar-refractivity contribution in [2.24, 2.45) is 11.8 Å². The predicted octanol–water partition coefficient (Wildman–Crippen LogP) is 2.35. The maximum Gasteiger partial charge on any atom is 0.310 e. The minimum atomic E-state index is -1.00. The van der Waals surface area contributed by atoms with Crippen LogP contribution in [0.5, 0.6) is 0 Å². The van der Waals surface area contributed by atoms with E-state index in [4.69, 9.17) is 4.74 Å². The Morgan fingerprint density at radius 1 is 1.24 bits per heavy atom. The van der Waals surface area contributed by atoms with Gasteiger partial charge in [0.2, 0.25) is 5.91 Å². The Labute approximate surface area is 130 Å². The van der Waals surface area contributed by atoms with Crippen LogP contribution in [0, 0.1) is 18.8 Å². The number of nitrogens with one attached hydrogen (secondary N) is 1. The highest BCUT2D eigenvalue weighted by atomic mass is 79.9. The van der Waals surface area contributed by atoms with Crippen molar-refractivity contribution in [3.05, 3.63) is 40.4 Å². The number of halogens is 1. The van der Waals surface area contributed by atoms with Gasteiger partial charge in [0.05, 0.1) is 18.1 Å². The molecule has 0 spiro atoms. The summed E-state index contributed by atoms with van der Waals surface area (Å²) >= 11 is 3.40. The Balaban J connectivity index is 1.80. The molecule has 0 unspecified atom stereocenters. The van der Waals surface area contributed by atoms with Gasteiger partial charge in [0.25, 0.3) is 0 Å². The SMILES string of the molecule is Cc1cc(NC(=O)[C@@H]2[C@@H](C(=O)O)[C@H]3C=C[C@@H]2O3)ccc1Br. The number of benzene rings is 1. The summed E-state index contributed by atoms with van der Waals surface area (Å²) in [6.45, 7) is 1.92. The molecule has 2 aliphatic heterocycles. The van der Waals surface area contributed by atoms with Crippen LogP contribution in [0.1, 0.15) is 5.56 Å². The first-order valence-electron chi connectivity index (χ1n) is 6.61. The van der Waals surface area contributed by atoms with Crippen molar-refractivity contribution < 1.29 is 19.4 Å². The minimum Gasteiger partial charge on any atom is -0.481 e. The number of carbonyl (C=O) groups excluding carboxylic acids is 1. The number of rotatable bonds is 3. The predicted molar refractivity (Wildman–Crippen MR) is 79.9 cm³/mol. The number of carboxylic acids is 1. The molecular formula is C15H14BrNO4. The van der Waals surface area contributed by atoms with Gasteiger partial charge in [0.15, 0.2) is 0 Å². The lowest BCUT2D eigenvalue weighted by atomic mass is 9.82. The van der Waals surface area contributed by atoms with Crippen LogP contribution in [0.25, 0.3) is 0 Å². The first kappa shape index (κ1) is 14.3.